The molecule has 1 aliphatic heterocycles. The van der Waals surface area contributed by atoms with Gasteiger partial charge >= 0.3 is 5.91 Å². The Morgan fingerprint density at radius 3 is 2.50 bits per heavy atom. The lowest BCUT2D eigenvalue weighted by atomic mass is 10.6. The first-order chi connectivity index (χ1) is 3.70. The molecule has 0 bridgehead atoms. The summed E-state index contributed by atoms with van der Waals surface area (Å²) in [7, 11) is 0. The number of carbonyl (C=O) groups excluding carboxylic acids is 1. The molecule has 0 radical (unpaired) electrons. The first-order valence-corrected chi connectivity index (χ1v) is 2.16. The van der Waals surface area contributed by atoms with Crippen LogP contribution < -0.4 is 0 Å². The van der Waals surface area contributed by atoms with Gasteiger partial charge in [0.25, 0.3) is 0 Å². The van der Waals surface area contributed by atoms with E-state index < -0.39 is 0 Å². The van der Waals surface area contributed by atoms with Gasteiger partial charge in [0.15, 0.2) is 11.7 Å². The second-order valence-corrected chi connectivity index (χ2v) is 1.46. The van der Waals surface area contributed by atoms with Crippen molar-refractivity contribution in [2.24, 2.45) is 4.99 Å². The van der Waals surface area contributed by atoms with Gasteiger partial charge in [-0.15, -0.1) is 0 Å². The molecule has 3 heteroatoms. The van der Waals surface area contributed by atoms with Crippen LogP contribution in [0.25, 0.3) is 0 Å². The minimum absolute atomic E-state index is 0.113. The minimum Gasteiger partial charge on any atom is -0.438 e. The molecule has 42 valence electrons. The SMILES string of the molecule is C=C1OC(C)=NC1=O. The molecule has 0 spiro atoms. The van der Waals surface area contributed by atoms with Crippen molar-refractivity contribution in [1.29, 1.82) is 0 Å². The van der Waals surface area contributed by atoms with Gasteiger partial charge in [0.05, 0.1) is 0 Å². The maximum Gasteiger partial charge on any atom is 0.315 e. The first kappa shape index (κ1) is 5.03. The van der Waals surface area contributed by atoms with E-state index in [-0.39, 0.29) is 11.7 Å². The summed E-state index contributed by atoms with van der Waals surface area (Å²) in [6.45, 7) is 4.91. The van der Waals surface area contributed by atoms with Crippen LogP contribution in [0.15, 0.2) is 17.3 Å². The molecule has 1 amide bonds. The van der Waals surface area contributed by atoms with E-state index in [0.717, 1.165) is 0 Å². The number of amides is 1. The van der Waals surface area contributed by atoms with E-state index in [2.05, 4.69) is 16.3 Å². The highest BCUT2D eigenvalue weighted by Gasteiger charge is 2.15. The summed E-state index contributed by atoms with van der Waals surface area (Å²) in [5.74, 6) is 0.116. The van der Waals surface area contributed by atoms with Crippen LogP contribution in [0.1, 0.15) is 6.92 Å². The Bertz CT molecular complexity index is 181. The van der Waals surface area contributed by atoms with E-state index in [1.807, 2.05) is 0 Å². The third-order valence-corrected chi connectivity index (χ3v) is 0.768. The molecule has 8 heavy (non-hydrogen) atoms. The Morgan fingerprint density at radius 2 is 2.38 bits per heavy atom. The smallest absolute Gasteiger partial charge is 0.315 e. The van der Waals surface area contributed by atoms with Crippen LogP contribution in [0, 0.1) is 0 Å². The second kappa shape index (κ2) is 1.43. The zero-order valence-corrected chi connectivity index (χ0v) is 4.47. The highest BCUT2D eigenvalue weighted by molar-refractivity contribution is 6.05. The number of rotatable bonds is 0. The average molecular weight is 111 g/mol. The molecule has 0 aromatic rings. The van der Waals surface area contributed by atoms with Gasteiger partial charge < -0.3 is 4.74 Å². The predicted octanol–water partition coefficient (Wildman–Crippen LogP) is 0.475. The second-order valence-electron chi connectivity index (χ2n) is 1.46. The van der Waals surface area contributed by atoms with Crippen molar-refractivity contribution in [3.8, 4) is 0 Å². The van der Waals surface area contributed by atoms with Gasteiger partial charge in [0.1, 0.15) is 0 Å². The van der Waals surface area contributed by atoms with Crippen molar-refractivity contribution in [2.75, 3.05) is 0 Å². The average Bonchev–Trinajstić information content (AvgIpc) is 1.85. The largest absolute Gasteiger partial charge is 0.438 e. The van der Waals surface area contributed by atoms with E-state index in [9.17, 15) is 4.79 Å². The van der Waals surface area contributed by atoms with Crippen LogP contribution >= 0.6 is 0 Å². The monoisotopic (exact) mass is 111 g/mol. The Hall–Kier alpha value is -1.12. The summed E-state index contributed by atoms with van der Waals surface area (Å²) in [6, 6.07) is 0. The van der Waals surface area contributed by atoms with Crippen molar-refractivity contribution in [3.05, 3.63) is 12.3 Å². The van der Waals surface area contributed by atoms with Crippen molar-refractivity contribution >= 4 is 11.8 Å². The lowest BCUT2D eigenvalue weighted by Gasteiger charge is -1.88. The van der Waals surface area contributed by atoms with Crippen molar-refractivity contribution in [1.82, 2.24) is 0 Å². The fourth-order valence-corrected chi connectivity index (χ4v) is 0.450. The van der Waals surface area contributed by atoms with Crippen LogP contribution in [-0.2, 0) is 9.53 Å². The highest BCUT2D eigenvalue weighted by atomic mass is 16.5. The van der Waals surface area contributed by atoms with Gasteiger partial charge in [-0.05, 0) is 0 Å². The fourth-order valence-electron chi connectivity index (χ4n) is 0.450. The summed E-state index contributed by atoms with van der Waals surface area (Å²) >= 11 is 0. The van der Waals surface area contributed by atoms with Crippen molar-refractivity contribution in [2.45, 2.75) is 6.92 Å². The summed E-state index contributed by atoms with van der Waals surface area (Å²) in [6.07, 6.45) is 0. The van der Waals surface area contributed by atoms with E-state index in [1.54, 1.807) is 6.92 Å². The topological polar surface area (TPSA) is 38.7 Å². The highest BCUT2D eigenvalue weighted by Crippen LogP contribution is 2.05. The Morgan fingerprint density at radius 1 is 1.75 bits per heavy atom. The third-order valence-electron chi connectivity index (χ3n) is 0.768. The fraction of sp³-hybridized carbons (Fsp3) is 0.200. The third kappa shape index (κ3) is 0.621. The summed E-state index contributed by atoms with van der Waals surface area (Å²) in [5, 5.41) is 0. The number of aliphatic imine (C=N–C) groups is 1. The van der Waals surface area contributed by atoms with Gasteiger partial charge in [-0.2, -0.15) is 4.99 Å². The molecule has 0 saturated heterocycles. The maximum atomic E-state index is 10.4. The molecule has 0 fully saturated rings. The van der Waals surface area contributed by atoms with E-state index in [0.29, 0.717) is 5.90 Å². The number of ether oxygens (including phenoxy) is 1. The van der Waals surface area contributed by atoms with E-state index >= 15 is 0 Å². The zero-order valence-electron chi connectivity index (χ0n) is 4.47. The van der Waals surface area contributed by atoms with Crippen LogP contribution in [0.5, 0.6) is 0 Å². The molecule has 1 aliphatic rings. The van der Waals surface area contributed by atoms with Crippen molar-refractivity contribution in [3.63, 3.8) is 0 Å². The summed E-state index contributed by atoms with van der Waals surface area (Å²) < 4.78 is 4.68. The summed E-state index contributed by atoms with van der Waals surface area (Å²) in [5.41, 5.74) is 0. The number of hydrogen-bond donors (Lipinski definition) is 0. The molecule has 0 aromatic carbocycles. The zero-order chi connectivity index (χ0) is 6.15. The van der Waals surface area contributed by atoms with Crippen molar-refractivity contribution < 1.29 is 9.53 Å². The molecule has 0 N–H and O–H groups in total. The van der Waals surface area contributed by atoms with E-state index in [4.69, 9.17) is 0 Å². The van der Waals surface area contributed by atoms with Gasteiger partial charge in [0.2, 0.25) is 0 Å². The molecular weight excluding hydrogens is 106 g/mol. The van der Waals surface area contributed by atoms with Gasteiger partial charge in [-0.25, -0.2) is 0 Å². The van der Waals surface area contributed by atoms with Crippen LogP contribution in [0.2, 0.25) is 0 Å². The molecule has 1 heterocycles. The molecule has 0 aliphatic carbocycles. The molecule has 0 saturated carbocycles. The Kier molecular flexibility index (Phi) is 0.901. The van der Waals surface area contributed by atoms with Gasteiger partial charge in [0, 0.05) is 6.92 Å². The molecular formula is C5H5NO2. The standard InChI is InChI=1S/C5H5NO2/c1-3-5(7)6-4(2)8-3/h1H2,2H3. The molecule has 0 unspecified atom stereocenters. The normalized spacial score (nSPS) is 18.4. The molecule has 0 atom stereocenters. The van der Waals surface area contributed by atoms with Crippen LogP contribution in [0.4, 0.5) is 0 Å². The van der Waals surface area contributed by atoms with Crippen LogP contribution in [-0.4, -0.2) is 11.8 Å². The van der Waals surface area contributed by atoms with E-state index in [1.165, 1.54) is 0 Å². The van der Waals surface area contributed by atoms with Crippen LogP contribution in [0.3, 0.4) is 0 Å². The number of carbonyl (C=O) groups is 1. The quantitative estimate of drug-likeness (QED) is 0.426. The predicted molar refractivity (Wildman–Crippen MR) is 28.3 cm³/mol. The number of hydrogen-bond acceptors (Lipinski definition) is 2. The maximum absolute atomic E-state index is 10.4. The molecule has 1 rings (SSSR count). The lowest BCUT2D eigenvalue weighted by Crippen LogP contribution is -1.90. The van der Waals surface area contributed by atoms with Gasteiger partial charge in [-0.1, -0.05) is 6.58 Å². The van der Waals surface area contributed by atoms with Gasteiger partial charge in [-0.3, -0.25) is 4.79 Å². The first-order valence-electron chi connectivity index (χ1n) is 2.16. The molecule has 3 nitrogen and oxygen atoms in total. The Labute approximate surface area is 46.7 Å². The Balaban J connectivity index is 2.85. The lowest BCUT2D eigenvalue weighted by molar-refractivity contribution is -0.115. The minimum atomic E-state index is -0.373. The summed E-state index contributed by atoms with van der Waals surface area (Å²) in [4.78, 5) is 13.8. The molecule has 0 aromatic heterocycles. The number of nitrogens with zero attached hydrogens (tertiary/aromatic N) is 1.